The van der Waals surface area contributed by atoms with Gasteiger partial charge in [-0.05, 0) is 24.6 Å². The molecule has 122 valence electrons. The van der Waals surface area contributed by atoms with Crippen LogP contribution in [0.4, 0.5) is 8.78 Å². The van der Waals surface area contributed by atoms with Crippen molar-refractivity contribution < 1.29 is 18.7 Å². The van der Waals surface area contributed by atoms with Crippen LogP contribution < -0.4 is 0 Å². The molecule has 1 aliphatic rings. The van der Waals surface area contributed by atoms with Crippen LogP contribution in [-0.2, 0) is 6.54 Å². The molecule has 23 heavy (non-hydrogen) atoms. The molecule has 1 saturated heterocycles. The van der Waals surface area contributed by atoms with Gasteiger partial charge in [0.1, 0.15) is 5.69 Å². The number of rotatable bonds is 5. The first-order valence-corrected chi connectivity index (χ1v) is 7.32. The molecular weight excluding hydrogens is 304 g/mol. The van der Waals surface area contributed by atoms with Crippen molar-refractivity contribution in [2.45, 2.75) is 25.9 Å². The molecule has 0 amide bonds. The number of carbonyl (C=O) groups is 1. The van der Waals surface area contributed by atoms with Crippen molar-refractivity contribution in [3.8, 4) is 0 Å². The summed E-state index contributed by atoms with van der Waals surface area (Å²) < 4.78 is 27.2. The maximum Gasteiger partial charge on any atom is 0.354 e. The standard InChI is InChI=1S/C16H17F2N3O2/c1-10-4-11(6-12(5-10)15(17)18)7-20-8-13(9-20)21-14(16(22)23)2-3-19-21/h2-6,13,15H,7-9H2,1H3,(H,22,23). The van der Waals surface area contributed by atoms with E-state index in [1.807, 2.05) is 6.07 Å². The van der Waals surface area contributed by atoms with E-state index in [1.165, 1.54) is 29.1 Å². The van der Waals surface area contributed by atoms with Gasteiger partial charge in [0.2, 0.25) is 0 Å². The highest BCUT2D eigenvalue weighted by molar-refractivity contribution is 5.85. The van der Waals surface area contributed by atoms with Crippen molar-refractivity contribution in [1.82, 2.24) is 14.7 Å². The van der Waals surface area contributed by atoms with Crippen LogP contribution in [0.25, 0.3) is 0 Å². The quantitative estimate of drug-likeness (QED) is 0.920. The minimum absolute atomic E-state index is 0.00970. The van der Waals surface area contributed by atoms with E-state index in [0.29, 0.717) is 19.6 Å². The fourth-order valence-corrected chi connectivity index (χ4v) is 2.97. The first-order valence-electron chi connectivity index (χ1n) is 7.32. The smallest absolute Gasteiger partial charge is 0.354 e. The van der Waals surface area contributed by atoms with Gasteiger partial charge in [0, 0.05) is 31.4 Å². The highest BCUT2D eigenvalue weighted by Gasteiger charge is 2.31. The minimum atomic E-state index is -2.47. The number of nitrogens with zero attached hydrogens (tertiary/aromatic N) is 3. The van der Waals surface area contributed by atoms with Crippen molar-refractivity contribution in [1.29, 1.82) is 0 Å². The average molecular weight is 321 g/mol. The lowest BCUT2D eigenvalue weighted by Crippen LogP contribution is -2.48. The summed E-state index contributed by atoms with van der Waals surface area (Å²) in [6.45, 7) is 3.68. The molecule has 0 saturated carbocycles. The summed E-state index contributed by atoms with van der Waals surface area (Å²) in [5, 5.41) is 13.2. The average Bonchev–Trinajstić information content (AvgIpc) is 2.90. The maximum absolute atomic E-state index is 12.8. The third-order valence-corrected chi connectivity index (χ3v) is 3.99. The van der Waals surface area contributed by atoms with Gasteiger partial charge in [-0.2, -0.15) is 5.10 Å². The Hall–Kier alpha value is -2.28. The number of halogens is 2. The maximum atomic E-state index is 12.8. The number of aromatic carboxylic acids is 1. The lowest BCUT2D eigenvalue weighted by Gasteiger charge is -2.39. The zero-order chi connectivity index (χ0) is 16.6. The third kappa shape index (κ3) is 3.24. The Morgan fingerprint density at radius 3 is 2.78 bits per heavy atom. The Morgan fingerprint density at radius 1 is 1.39 bits per heavy atom. The highest BCUT2D eigenvalue weighted by Crippen LogP contribution is 2.26. The van der Waals surface area contributed by atoms with Crippen LogP contribution in [0.1, 0.15) is 39.6 Å². The molecule has 0 atom stereocenters. The van der Waals surface area contributed by atoms with Crippen molar-refractivity contribution in [2.75, 3.05) is 13.1 Å². The number of aromatic nitrogens is 2. The van der Waals surface area contributed by atoms with Crippen LogP contribution in [0, 0.1) is 6.92 Å². The molecule has 1 aromatic carbocycles. The molecule has 2 heterocycles. The Balaban J connectivity index is 1.64. The summed E-state index contributed by atoms with van der Waals surface area (Å²) in [5.74, 6) is -0.999. The highest BCUT2D eigenvalue weighted by atomic mass is 19.3. The van der Waals surface area contributed by atoms with E-state index in [1.54, 1.807) is 6.92 Å². The van der Waals surface area contributed by atoms with Crippen LogP contribution >= 0.6 is 0 Å². The Labute approximate surface area is 132 Å². The van der Waals surface area contributed by atoms with Gasteiger partial charge in [0.05, 0.1) is 6.04 Å². The van der Waals surface area contributed by atoms with Crippen molar-refractivity contribution in [3.63, 3.8) is 0 Å². The van der Waals surface area contributed by atoms with Gasteiger partial charge in [-0.3, -0.25) is 9.58 Å². The summed E-state index contributed by atoms with van der Waals surface area (Å²) in [5.41, 5.74) is 1.87. The monoisotopic (exact) mass is 321 g/mol. The summed E-state index contributed by atoms with van der Waals surface area (Å²) in [6, 6.07) is 6.41. The van der Waals surface area contributed by atoms with Crippen LogP contribution in [0.3, 0.4) is 0 Å². The number of carboxylic acid groups (broad SMARTS) is 1. The Bertz CT molecular complexity index is 724. The molecule has 0 radical (unpaired) electrons. The molecule has 0 aliphatic carbocycles. The molecule has 0 bridgehead atoms. The lowest BCUT2D eigenvalue weighted by atomic mass is 10.0. The summed E-state index contributed by atoms with van der Waals surface area (Å²) in [4.78, 5) is 13.2. The number of aryl methyl sites for hydroxylation is 1. The lowest BCUT2D eigenvalue weighted by molar-refractivity contribution is 0.0627. The number of alkyl halides is 2. The van der Waals surface area contributed by atoms with E-state index in [0.717, 1.165) is 11.1 Å². The van der Waals surface area contributed by atoms with E-state index in [9.17, 15) is 13.6 Å². The molecule has 1 aliphatic heterocycles. The normalized spacial score (nSPS) is 15.8. The van der Waals surface area contributed by atoms with Crippen molar-refractivity contribution in [3.05, 3.63) is 52.8 Å². The molecule has 5 nitrogen and oxygen atoms in total. The molecule has 1 aromatic heterocycles. The van der Waals surface area contributed by atoms with Crippen LogP contribution in [-0.4, -0.2) is 38.8 Å². The van der Waals surface area contributed by atoms with Gasteiger partial charge in [0.15, 0.2) is 0 Å². The number of hydrogen-bond donors (Lipinski definition) is 1. The topological polar surface area (TPSA) is 58.4 Å². The molecule has 2 aromatic rings. The second-order valence-corrected chi connectivity index (χ2v) is 5.87. The molecular formula is C16H17F2N3O2. The van der Waals surface area contributed by atoms with E-state index in [-0.39, 0.29) is 17.3 Å². The van der Waals surface area contributed by atoms with Gasteiger partial charge in [-0.15, -0.1) is 0 Å². The molecule has 1 N–H and O–H groups in total. The zero-order valence-electron chi connectivity index (χ0n) is 12.6. The largest absolute Gasteiger partial charge is 0.477 e. The van der Waals surface area contributed by atoms with E-state index < -0.39 is 12.4 Å². The second kappa shape index (κ2) is 6.08. The predicted molar refractivity (Wildman–Crippen MR) is 79.6 cm³/mol. The minimum Gasteiger partial charge on any atom is -0.477 e. The van der Waals surface area contributed by atoms with Crippen molar-refractivity contribution >= 4 is 5.97 Å². The Kier molecular flexibility index (Phi) is 4.12. The van der Waals surface area contributed by atoms with Crippen molar-refractivity contribution in [2.24, 2.45) is 0 Å². The molecule has 0 unspecified atom stereocenters. The van der Waals surface area contributed by atoms with Crippen LogP contribution in [0.5, 0.6) is 0 Å². The molecule has 0 spiro atoms. The predicted octanol–water partition coefficient (Wildman–Crippen LogP) is 2.88. The zero-order valence-corrected chi connectivity index (χ0v) is 12.6. The molecule has 1 fully saturated rings. The van der Waals surface area contributed by atoms with E-state index >= 15 is 0 Å². The number of benzene rings is 1. The fraction of sp³-hybridized carbons (Fsp3) is 0.375. The summed E-state index contributed by atoms with van der Waals surface area (Å²) in [7, 11) is 0. The van der Waals surface area contributed by atoms with E-state index in [2.05, 4.69) is 10.00 Å². The second-order valence-electron chi connectivity index (χ2n) is 5.87. The van der Waals surface area contributed by atoms with Crippen LogP contribution in [0.2, 0.25) is 0 Å². The van der Waals surface area contributed by atoms with Gasteiger partial charge < -0.3 is 5.11 Å². The number of carboxylic acids is 1. The first-order chi connectivity index (χ1) is 10.9. The first kappa shape index (κ1) is 15.6. The van der Waals surface area contributed by atoms with E-state index in [4.69, 9.17) is 5.11 Å². The van der Waals surface area contributed by atoms with Crippen LogP contribution in [0.15, 0.2) is 30.5 Å². The summed E-state index contributed by atoms with van der Waals surface area (Å²) in [6.07, 6.45) is -0.998. The Morgan fingerprint density at radius 2 is 2.13 bits per heavy atom. The summed E-state index contributed by atoms with van der Waals surface area (Å²) >= 11 is 0. The van der Waals surface area contributed by atoms with Gasteiger partial charge in [-0.1, -0.05) is 17.7 Å². The number of hydrogen-bond acceptors (Lipinski definition) is 3. The van der Waals surface area contributed by atoms with Gasteiger partial charge >= 0.3 is 5.97 Å². The van der Waals surface area contributed by atoms with Gasteiger partial charge in [-0.25, -0.2) is 13.6 Å². The molecule has 7 heteroatoms. The molecule has 3 rings (SSSR count). The fourth-order valence-electron chi connectivity index (χ4n) is 2.97. The SMILES string of the molecule is Cc1cc(CN2CC(n3nccc3C(=O)O)C2)cc(C(F)F)c1. The third-order valence-electron chi connectivity index (χ3n) is 3.99. The number of likely N-dealkylation sites (tertiary alicyclic amines) is 1. The van der Waals surface area contributed by atoms with Gasteiger partial charge in [0.25, 0.3) is 6.43 Å².